The molecule has 1 N–H and O–H groups in total. The lowest BCUT2D eigenvalue weighted by molar-refractivity contribution is 0.0594. The monoisotopic (exact) mass is 243 g/mol. The number of hydrogen-bond acceptors (Lipinski definition) is 5. The van der Waals surface area contributed by atoms with Crippen LogP contribution in [0.2, 0.25) is 0 Å². The van der Waals surface area contributed by atoms with Gasteiger partial charge in [0.25, 0.3) is 0 Å². The predicted octanol–water partition coefficient (Wildman–Crippen LogP) is 2.32. The van der Waals surface area contributed by atoms with Gasteiger partial charge < -0.3 is 10.1 Å². The Labute approximate surface area is 105 Å². The second kappa shape index (κ2) is 5.27. The smallest absolute Gasteiger partial charge is 0.356 e. The Morgan fingerprint density at radius 2 is 1.94 bits per heavy atom. The number of hydrogen-bond donors (Lipinski definition) is 1. The summed E-state index contributed by atoms with van der Waals surface area (Å²) in [7, 11) is 1.32. The van der Waals surface area contributed by atoms with E-state index in [0.29, 0.717) is 11.6 Å². The van der Waals surface area contributed by atoms with Gasteiger partial charge in [-0.25, -0.2) is 14.8 Å². The molecular weight excluding hydrogens is 230 g/mol. The quantitative estimate of drug-likeness (QED) is 0.838. The molecule has 2 aromatic rings. The SMILES string of the molecule is COC(=O)c1cc(C)nc(Nc2ccccc2)n1. The van der Waals surface area contributed by atoms with Gasteiger partial charge in [-0.15, -0.1) is 0 Å². The lowest BCUT2D eigenvalue weighted by Gasteiger charge is -2.07. The minimum Gasteiger partial charge on any atom is -0.464 e. The molecule has 0 spiro atoms. The zero-order valence-corrected chi connectivity index (χ0v) is 10.2. The number of ether oxygens (including phenoxy) is 1. The molecule has 0 radical (unpaired) electrons. The van der Waals surface area contributed by atoms with Crippen LogP contribution in [0.5, 0.6) is 0 Å². The highest BCUT2D eigenvalue weighted by Gasteiger charge is 2.10. The molecule has 0 bridgehead atoms. The van der Waals surface area contributed by atoms with Gasteiger partial charge in [0, 0.05) is 11.4 Å². The topological polar surface area (TPSA) is 64.1 Å². The number of esters is 1. The summed E-state index contributed by atoms with van der Waals surface area (Å²) in [5.41, 5.74) is 1.80. The van der Waals surface area contributed by atoms with Crippen molar-refractivity contribution >= 4 is 17.6 Å². The molecule has 0 saturated carbocycles. The minimum atomic E-state index is -0.475. The van der Waals surface area contributed by atoms with Crippen LogP contribution < -0.4 is 5.32 Å². The average molecular weight is 243 g/mol. The van der Waals surface area contributed by atoms with E-state index in [9.17, 15) is 4.79 Å². The Bertz CT molecular complexity index is 555. The summed E-state index contributed by atoms with van der Waals surface area (Å²) in [6.45, 7) is 1.80. The number of methoxy groups -OCH3 is 1. The molecule has 18 heavy (non-hydrogen) atoms. The molecule has 0 aliphatic heterocycles. The first-order valence-electron chi connectivity index (χ1n) is 5.45. The number of carbonyl (C=O) groups is 1. The van der Waals surface area contributed by atoms with Crippen molar-refractivity contribution in [1.29, 1.82) is 0 Å². The van der Waals surface area contributed by atoms with Crippen molar-refractivity contribution in [3.63, 3.8) is 0 Å². The number of rotatable bonds is 3. The van der Waals surface area contributed by atoms with Gasteiger partial charge in [-0.2, -0.15) is 0 Å². The fraction of sp³-hybridized carbons (Fsp3) is 0.154. The lowest BCUT2D eigenvalue weighted by Crippen LogP contribution is -2.08. The molecule has 1 aromatic heterocycles. The summed E-state index contributed by atoms with van der Waals surface area (Å²) in [4.78, 5) is 19.7. The maximum absolute atomic E-state index is 11.4. The minimum absolute atomic E-state index is 0.239. The first kappa shape index (κ1) is 12.0. The largest absolute Gasteiger partial charge is 0.464 e. The van der Waals surface area contributed by atoms with Crippen molar-refractivity contribution in [2.24, 2.45) is 0 Å². The second-order valence-corrected chi connectivity index (χ2v) is 3.70. The molecule has 92 valence electrons. The van der Waals surface area contributed by atoms with Gasteiger partial charge in [-0.1, -0.05) is 18.2 Å². The van der Waals surface area contributed by atoms with Gasteiger partial charge in [0.05, 0.1) is 7.11 Å². The summed E-state index contributed by atoms with van der Waals surface area (Å²) in [6, 6.07) is 11.1. The third kappa shape index (κ3) is 2.82. The predicted molar refractivity (Wildman–Crippen MR) is 67.8 cm³/mol. The van der Waals surface area contributed by atoms with Gasteiger partial charge in [-0.05, 0) is 25.1 Å². The molecular formula is C13H13N3O2. The van der Waals surface area contributed by atoms with Crippen LogP contribution in [-0.4, -0.2) is 23.0 Å². The van der Waals surface area contributed by atoms with Crippen molar-refractivity contribution < 1.29 is 9.53 Å². The zero-order chi connectivity index (χ0) is 13.0. The number of carbonyl (C=O) groups excluding carboxylic acids is 1. The highest BCUT2D eigenvalue weighted by Crippen LogP contribution is 2.13. The molecule has 1 heterocycles. The van der Waals surface area contributed by atoms with Crippen LogP contribution in [0.1, 0.15) is 16.2 Å². The third-order valence-corrected chi connectivity index (χ3v) is 2.28. The maximum Gasteiger partial charge on any atom is 0.356 e. The Morgan fingerprint density at radius 1 is 1.22 bits per heavy atom. The summed E-state index contributed by atoms with van der Waals surface area (Å²) >= 11 is 0. The number of aromatic nitrogens is 2. The van der Waals surface area contributed by atoms with Crippen molar-refractivity contribution in [3.05, 3.63) is 47.8 Å². The van der Waals surface area contributed by atoms with Gasteiger partial charge in [0.15, 0.2) is 5.69 Å². The highest BCUT2D eigenvalue weighted by molar-refractivity contribution is 5.87. The molecule has 1 aromatic carbocycles. The van der Waals surface area contributed by atoms with Crippen molar-refractivity contribution in [3.8, 4) is 0 Å². The number of benzene rings is 1. The molecule has 0 aliphatic rings. The van der Waals surface area contributed by atoms with Crippen molar-refractivity contribution in [2.45, 2.75) is 6.92 Å². The Hall–Kier alpha value is -2.43. The summed E-state index contributed by atoms with van der Waals surface area (Å²) in [5, 5.41) is 3.03. The van der Waals surface area contributed by atoms with Gasteiger partial charge in [0.2, 0.25) is 5.95 Å². The molecule has 0 saturated heterocycles. The normalized spacial score (nSPS) is 9.89. The lowest BCUT2D eigenvalue weighted by atomic mass is 10.3. The van der Waals surface area contributed by atoms with E-state index in [1.165, 1.54) is 7.11 Å². The number of nitrogens with zero attached hydrogens (tertiary/aromatic N) is 2. The molecule has 0 amide bonds. The first-order valence-corrected chi connectivity index (χ1v) is 5.45. The fourth-order valence-corrected chi connectivity index (χ4v) is 1.48. The van der Waals surface area contributed by atoms with Crippen molar-refractivity contribution in [2.75, 3.05) is 12.4 Å². The van der Waals surface area contributed by atoms with E-state index < -0.39 is 5.97 Å². The number of anilines is 2. The van der Waals surface area contributed by atoms with E-state index in [0.717, 1.165) is 5.69 Å². The van der Waals surface area contributed by atoms with Crippen LogP contribution in [0.4, 0.5) is 11.6 Å². The van der Waals surface area contributed by atoms with Crippen LogP contribution in [0.3, 0.4) is 0 Å². The molecule has 0 aliphatic carbocycles. The Balaban J connectivity index is 2.28. The highest BCUT2D eigenvalue weighted by atomic mass is 16.5. The van der Waals surface area contributed by atoms with Crippen LogP contribution in [0.25, 0.3) is 0 Å². The van der Waals surface area contributed by atoms with E-state index in [2.05, 4.69) is 20.0 Å². The number of nitrogens with one attached hydrogen (secondary N) is 1. The first-order chi connectivity index (χ1) is 8.69. The summed E-state index contributed by atoms with van der Waals surface area (Å²) in [5.74, 6) is -0.0989. The summed E-state index contributed by atoms with van der Waals surface area (Å²) < 4.78 is 4.64. The molecule has 0 fully saturated rings. The molecule has 2 rings (SSSR count). The number of aryl methyl sites for hydroxylation is 1. The molecule has 0 unspecified atom stereocenters. The summed E-state index contributed by atoms with van der Waals surface area (Å²) in [6.07, 6.45) is 0. The molecule has 5 nitrogen and oxygen atoms in total. The number of para-hydroxylation sites is 1. The van der Waals surface area contributed by atoms with Crippen LogP contribution >= 0.6 is 0 Å². The fourth-order valence-electron chi connectivity index (χ4n) is 1.48. The van der Waals surface area contributed by atoms with Crippen LogP contribution in [0.15, 0.2) is 36.4 Å². The van der Waals surface area contributed by atoms with Gasteiger partial charge in [-0.3, -0.25) is 0 Å². The van der Waals surface area contributed by atoms with Crippen molar-refractivity contribution in [1.82, 2.24) is 9.97 Å². The average Bonchev–Trinajstić information content (AvgIpc) is 2.38. The Kier molecular flexibility index (Phi) is 3.52. The van der Waals surface area contributed by atoms with E-state index in [4.69, 9.17) is 0 Å². The zero-order valence-electron chi connectivity index (χ0n) is 10.2. The second-order valence-electron chi connectivity index (χ2n) is 3.70. The van der Waals surface area contributed by atoms with E-state index in [1.54, 1.807) is 13.0 Å². The van der Waals surface area contributed by atoms with E-state index in [1.807, 2.05) is 30.3 Å². The molecule has 0 atom stereocenters. The van der Waals surface area contributed by atoms with Gasteiger partial charge in [0.1, 0.15) is 0 Å². The maximum atomic E-state index is 11.4. The van der Waals surface area contributed by atoms with E-state index in [-0.39, 0.29) is 5.69 Å². The van der Waals surface area contributed by atoms with Gasteiger partial charge >= 0.3 is 5.97 Å². The van der Waals surface area contributed by atoms with Crippen LogP contribution in [-0.2, 0) is 4.74 Å². The Morgan fingerprint density at radius 3 is 2.61 bits per heavy atom. The van der Waals surface area contributed by atoms with Crippen LogP contribution in [0, 0.1) is 6.92 Å². The van der Waals surface area contributed by atoms with E-state index >= 15 is 0 Å². The third-order valence-electron chi connectivity index (χ3n) is 2.28. The standard InChI is InChI=1S/C13H13N3O2/c1-9-8-11(12(17)18-2)16-13(14-9)15-10-6-4-3-5-7-10/h3-8H,1-2H3,(H,14,15,16). The molecule has 5 heteroatoms.